The van der Waals surface area contributed by atoms with Crippen LogP contribution in [-0.4, -0.2) is 32.7 Å². The van der Waals surface area contributed by atoms with Crippen molar-refractivity contribution in [2.24, 2.45) is 0 Å². The van der Waals surface area contributed by atoms with Crippen molar-refractivity contribution in [1.82, 2.24) is 20.2 Å². The van der Waals surface area contributed by atoms with E-state index in [2.05, 4.69) is 20.8 Å². The van der Waals surface area contributed by atoms with E-state index in [4.69, 9.17) is 4.74 Å². The lowest BCUT2D eigenvalue weighted by molar-refractivity contribution is -0.128. The van der Waals surface area contributed by atoms with Gasteiger partial charge in [0.2, 0.25) is 0 Å². The van der Waals surface area contributed by atoms with Gasteiger partial charge >= 0.3 is 0 Å². The van der Waals surface area contributed by atoms with Gasteiger partial charge in [0.1, 0.15) is 0 Å². The van der Waals surface area contributed by atoms with Gasteiger partial charge in [-0.15, -0.1) is 5.10 Å². The van der Waals surface area contributed by atoms with Crippen molar-refractivity contribution in [2.75, 3.05) is 11.9 Å². The van der Waals surface area contributed by atoms with Crippen LogP contribution >= 0.6 is 0 Å². The van der Waals surface area contributed by atoms with E-state index < -0.39 is 6.10 Å². The summed E-state index contributed by atoms with van der Waals surface area (Å²) in [5.74, 6) is 0.529. The van der Waals surface area contributed by atoms with Gasteiger partial charge in [-0.1, -0.05) is 43.3 Å². The normalized spacial score (nSPS) is 16.1. The van der Waals surface area contributed by atoms with Gasteiger partial charge in [-0.2, -0.15) is 4.68 Å². The molecule has 1 aromatic heterocycles. The number of para-hydroxylation sites is 2. The number of hydrogen-bond donors (Lipinski definition) is 1. The lowest BCUT2D eigenvalue weighted by atomic mass is 9.97. The standard InChI is InChI=1S/C19H19N5O2/c1-2-17-21-22-23-24(17)16-10-6-5-9-15(16)20-19(25)18-14-8-4-3-7-13(14)11-12-26-18/h3-10,18H,2,11-12H2,1H3,(H,20,25). The third kappa shape index (κ3) is 2.97. The Kier molecular flexibility index (Phi) is 4.45. The van der Waals surface area contributed by atoms with Crippen LogP contribution in [0, 0.1) is 0 Å². The molecule has 0 fully saturated rings. The molecule has 1 aliphatic rings. The number of amides is 1. The first-order chi connectivity index (χ1) is 12.8. The van der Waals surface area contributed by atoms with E-state index in [1.807, 2.05) is 55.5 Å². The summed E-state index contributed by atoms with van der Waals surface area (Å²) in [6.07, 6.45) is 0.891. The minimum absolute atomic E-state index is 0.198. The van der Waals surface area contributed by atoms with Crippen LogP contribution in [0.25, 0.3) is 5.69 Å². The minimum Gasteiger partial charge on any atom is -0.363 e. The number of rotatable bonds is 4. The van der Waals surface area contributed by atoms with Gasteiger partial charge in [0.25, 0.3) is 5.91 Å². The van der Waals surface area contributed by atoms with Crippen LogP contribution in [0.2, 0.25) is 0 Å². The molecule has 1 unspecified atom stereocenters. The molecule has 1 amide bonds. The van der Waals surface area contributed by atoms with Gasteiger partial charge < -0.3 is 10.1 Å². The van der Waals surface area contributed by atoms with E-state index >= 15 is 0 Å². The zero-order chi connectivity index (χ0) is 17.9. The summed E-state index contributed by atoms with van der Waals surface area (Å²) in [5, 5.41) is 14.8. The Morgan fingerprint density at radius 2 is 2.04 bits per heavy atom. The largest absolute Gasteiger partial charge is 0.363 e. The molecule has 1 atom stereocenters. The number of fused-ring (bicyclic) bond motifs is 1. The second kappa shape index (κ2) is 7.05. The Balaban J connectivity index is 1.64. The van der Waals surface area contributed by atoms with E-state index in [0.717, 1.165) is 29.1 Å². The van der Waals surface area contributed by atoms with Crippen LogP contribution in [0.4, 0.5) is 5.69 Å². The Labute approximate surface area is 151 Å². The summed E-state index contributed by atoms with van der Waals surface area (Å²) in [7, 11) is 0. The topological polar surface area (TPSA) is 81.9 Å². The Morgan fingerprint density at radius 1 is 1.23 bits per heavy atom. The van der Waals surface area contributed by atoms with Gasteiger partial charge in [0.15, 0.2) is 11.9 Å². The molecule has 2 aromatic carbocycles. The van der Waals surface area contributed by atoms with E-state index in [0.29, 0.717) is 18.7 Å². The molecular formula is C19H19N5O2. The highest BCUT2D eigenvalue weighted by atomic mass is 16.5. The molecule has 132 valence electrons. The van der Waals surface area contributed by atoms with Gasteiger partial charge in [0.05, 0.1) is 18.0 Å². The molecular weight excluding hydrogens is 330 g/mol. The second-order valence-electron chi connectivity index (χ2n) is 6.07. The molecule has 1 N–H and O–H groups in total. The number of carbonyl (C=O) groups excluding carboxylic acids is 1. The van der Waals surface area contributed by atoms with Crippen molar-refractivity contribution in [1.29, 1.82) is 0 Å². The van der Waals surface area contributed by atoms with Gasteiger partial charge in [-0.25, -0.2) is 0 Å². The number of nitrogens with one attached hydrogen (secondary N) is 1. The fourth-order valence-corrected chi connectivity index (χ4v) is 3.19. The predicted molar refractivity (Wildman–Crippen MR) is 96.0 cm³/mol. The van der Waals surface area contributed by atoms with Crippen LogP contribution in [-0.2, 0) is 22.4 Å². The molecule has 0 saturated carbocycles. The molecule has 4 rings (SSSR count). The highest BCUT2D eigenvalue weighted by Gasteiger charge is 2.27. The molecule has 0 saturated heterocycles. The van der Waals surface area contributed by atoms with Crippen LogP contribution in [0.15, 0.2) is 48.5 Å². The molecule has 26 heavy (non-hydrogen) atoms. The number of ether oxygens (including phenoxy) is 1. The number of benzene rings is 2. The van der Waals surface area contributed by atoms with Crippen molar-refractivity contribution in [3.63, 3.8) is 0 Å². The summed E-state index contributed by atoms with van der Waals surface area (Å²) >= 11 is 0. The van der Waals surface area contributed by atoms with Crippen molar-refractivity contribution in [2.45, 2.75) is 25.9 Å². The molecule has 7 nitrogen and oxygen atoms in total. The second-order valence-corrected chi connectivity index (χ2v) is 6.07. The maximum atomic E-state index is 12.9. The summed E-state index contributed by atoms with van der Waals surface area (Å²) in [5.41, 5.74) is 3.45. The number of anilines is 1. The van der Waals surface area contributed by atoms with E-state index in [1.54, 1.807) is 4.68 Å². The molecule has 2 heterocycles. The van der Waals surface area contributed by atoms with Gasteiger partial charge in [-0.05, 0) is 40.1 Å². The quantitative estimate of drug-likeness (QED) is 0.782. The fourth-order valence-electron chi connectivity index (χ4n) is 3.19. The summed E-state index contributed by atoms with van der Waals surface area (Å²) < 4.78 is 7.40. The molecule has 0 aliphatic carbocycles. The third-order valence-corrected chi connectivity index (χ3v) is 4.47. The van der Waals surface area contributed by atoms with Crippen molar-refractivity contribution >= 4 is 11.6 Å². The average Bonchev–Trinajstić information content (AvgIpc) is 3.16. The van der Waals surface area contributed by atoms with Crippen LogP contribution in [0.3, 0.4) is 0 Å². The van der Waals surface area contributed by atoms with E-state index in [1.165, 1.54) is 0 Å². The Morgan fingerprint density at radius 3 is 2.92 bits per heavy atom. The average molecular weight is 349 g/mol. The van der Waals surface area contributed by atoms with Crippen molar-refractivity contribution < 1.29 is 9.53 Å². The third-order valence-electron chi connectivity index (χ3n) is 4.47. The Bertz CT molecular complexity index is 937. The fraction of sp³-hybridized carbons (Fsp3) is 0.263. The molecule has 3 aromatic rings. The van der Waals surface area contributed by atoms with Gasteiger partial charge in [-0.3, -0.25) is 4.79 Å². The SMILES string of the molecule is CCc1nnnn1-c1ccccc1NC(=O)C1OCCc2ccccc21. The number of carbonyl (C=O) groups is 1. The molecule has 0 bridgehead atoms. The van der Waals surface area contributed by atoms with E-state index in [9.17, 15) is 4.79 Å². The summed E-state index contributed by atoms with van der Waals surface area (Å²) in [6, 6.07) is 15.4. The number of hydrogen-bond acceptors (Lipinski definition) is 5. The summed E-state index contributed by atoms with van der Waals surface area (Å²) in [4.78, 5) is 12.9. The molecule has 7 heteroatoms. The van der Waals surface area contributed by atoms with Crippen molar-refractivity contribution in [3.05, 3.63) is 65.5 Å². The lowest BCUT2D eigenvalue weighted by Gasteiger charge is -2.25. The van der Waals surface area contributed by atoms with Crippen molar-refractivity contribution in [3.8, 4) is 5.69 Å². The zero-order valence-electron chi connectivity index (χ0n) is 14.4. The first-order valence-electron chi connectivity index (χ1n) is 8.65. The monoisotopic (exact) mass is 349 g/mol. The minimum atomic E-state index is -0.618. The first kappa shape index (κ1) is 16.4. The predicted octanol–water partition coefficient (Wildman–Crippen LogP) is 2.48. The van der Waals surface area contributed by atoms with Crippen LogP contribution in [0.5, 0.6) is 0 Å². The van der Waals surface area contributed by atoms with Crippen LogP contribution in [0.1, 0.15) is 30.0 Å². The highest BCUT2D eigenvalue weighted by molar-refractivity contribution is 5.96. The number of tetrazole rings is 1. The van der Waals surface area contributed by atoms with Crippen LogP contribution < -0.4 is 5.32 Å². The number of aromatic nitrogens is 4. The molecule has 0 radical (unpaired) electrons. The number of nitrogens with zero attached hydrogens (tertiary/aromatic N) is 4. The lowest BCUT2D eigenvalue weighted by Crippen LogP contribution is -2.28. The zero-order valence-corrected chi connectivity index (χ0v) is 14.4. The maximum Gasteiger partial charge on any atom is 0.258 e. The smallest absolute Gasteiger partial charge is 0.258 e. The van der Waals surface area contributed by atoms with Gasteiger partial charge in [0, 0.05) is 6.42 Å². The summed E-state index contributed by atoms with van der Waals surface area (Å²) in [6.45, 7) is 2.51. The highest BCUT2D eigenvalue weighted by Crippen LogP contribution is 2.29. The first-order valence-corrected chi connectivity index (χ1v) is 8.65. The number of aryl methyl sites for hydroxylation is 1. The molecule has 0 spiro atoms. The maximum absolute atomic E-state index is 12.9. The Hall–Kier alpha value is -3.06. The molecule has 1 aliphatic heterocycles. The van der Waals surface area contributed by atoms with E-state index in [-0.39, 0.29) is 5.91 Å².